The Morgan fingerprint density at radius 3 is 3.05 bits per heavy atom. The average molecular weight is 281 g/mol. The molecule has 0 aliphatic carbocycles. The zero-order chi connectivity index (χ0) is 13.5. The lowest BCUT2D eigenvalue weighted by Gasteiger charge is -2.02. The van der Waals surface area contributed by atoms with Gasteiger partial charge in [0.05, 0.1) is 17.2 Å². The van der Waals surface area contributed by atoms with Crippen LogP contribution in [0.25, 0.3) is 31.6 Å². The Labute approximate surface area is 119 Å². The van der Waals surface area contributed by atoms with E-state index in [-0.39, 0.29) is 0 Å². The van der Waals surface area contributed by atoms with E-state index in [2.05, 4.69) is 21.0 Å². The molecule has 0 amide bonds. The van der Waals surface area contributed by atoms with Crippen molar-refractivity contribution >= 4 is 32.5 Å². The summed E-state index contributed by atoms with van der Waals surface area (Å²) >= 11 is 1.72. The number of rotatable bonds is 2. The SMILES string of the molecule is COc1ccnc2[nH]cc(-c3cc4ccncc4s3)c12. The summed E-state index contributed by atoms with van der Waals surface area (Å²) in [4.78, 5) is 12.9. The van der Waals surface area contributed by atoms with Crippen LogP contribution in [0.1, 0.15) is 0 Å². The molecule has 0 bridgehead atoms. The van der Waals surface area contributed by atoms with Gasteiger partial charge in [0, 0.05) is 35.2 Å². The lowest BCUT2D eigenvalue weighted by molar-refractivity contribution is 0.419. The van der Waals surface area contributed by atoms with Crippen molar-refractivity contribution in [1.82, 2.24) is 15.0 Å². The van der Waals surface area contributed by atoms with Crippen molar-refractivity contribution in [2.24, 2.45) is 0 Å². The minimum atomic E-state index is 0.835. The molecule has 4 nitrogen and oxygen atoms in total. The number of pyridine rings is 2. The Morgan fingerprint density at radius 1 is 1.25 bits per heavy atom. The van der Waals surface area contributed by atoms with Gasteiger partial charge in [0.25, 0.3) is 0 Å². The topological polar surface area (TPSA) is 50.8 Å². The zero-order valence-corrected chi connectivity index (χ0v) is 11.6. The van der Waals surface area contributed by atoms with E-state index >= 15 is 0 Å². The molecule has 0 unspecified atom stereocenters. The van der Waals surface area contributed by atoms with Gasteiger partial charge in [0.15, 0.2) is 0 Å². The van der Waals surface area contributed by atoms with Gasteiger partial charge in [-0.2, -0.15) is 0 Å². The van der Waals surface area contributed by atoms with Crippen molar-refractivity contribution in [3.63, 3.8) is 0 Å². The number of nitrogens with one attached hydrogen (secondary N) is 1. The van der Waals surface area contributed by atoms with Gasteiger partial charge >= 0.3 is 0 Å². The molecule has 0 saturated heterocycles. The molecule has 4 heterocycles. The molecule has 0 radical (unpaired) electrons. The normalized spacial score (nSPS) is 11.2. The summed E-state index contributed by atoms with van der Waals surface area (Å²) < 4.78 is 6.63. The van der Waals surface area contributed by atoms with E-state index < -0.39 is 0 Å². The third kappa shape index (κ3) is 1.60. The minimum Gasteiger partial charge on any atom is -0.496 e. The fourth-order valence-corrected chi connectivity index (χ4v) is 3.46. The number of fused-ring (bicyclic) bond motifs is 2. The van der Waals surface area contributed by atoms with Crippen molar-refractivity contribution < 1.29 is 4.74 Å². The Morgan fingerprint density at radius 2 is 2.20 bits per heavy atom. The van der Waals surface area contributed by atoms with Crippen molar-refractivity contribution in [3.8, 4) is 16.2 Å². The first-order valence-corrected chi connectivity index (χ1v) is 7.02. The van der Waals surface area contributed by atoms with E-state index in [0.717, 1.165) is 22.3 Å². The van der Waals surface area contributed by atoms with Crippen LogP contribution in [0.3, 0.4) is 0 Å². The van der Waals surface area contributed by atoms with Gasteiger partial charge in [0.1, 0.15) is 11.4 Å². The smallest absolute Gasteiger partial charge is 0.141 e. The van der Waals surface area contributed by atoms with E-state index in [1.165, 1.54) is 15.0 Å². The van der Waals surface area contributed by atoms with E-state index in [9.17, 15) is 0 Å². The van der Waals surface area contributed by atoms with E-state index in [1.807, 2.05) is 30.7 Å². The summed E-state index contributed by atoms with van der Waals surface area (Å²) in [5.41, 5.74) is 1.96. The van der Waals surface area contributed by atoms with E-state index in [1.54, 1.807) is 24.6 Å². The fraction of sp³-hybridized carbons (Fsp3) is 0.0667. The van der Waals surface area contributed by atoms with Crippen LogP contribution < -0.4 is 4.74 Å². The average Bonchev–Trinajstić information content (AvgIpc) is 3.10. The second-order valence-electron chi connectivity index (χ2n) is 4.46. The zero-order valence-electron chi connectivity index (χ0n) is 10.8. The second kappa shape index (κ2) is 4.31. The molecular formula is C15H11N3OS. The molecule has 4 aromatic heterocycles. The molecule has 0 saturated carbocycles. The van der Waals surface area contributed by atoms with Gasteiger partial charge in [-0.05, 0) is 23.6 Å². The standard InChI is InChI=1S/C15H11N3OS/c1-19-11-3-5-17-15-14(11)10(7-18-15)12-6-9-2-4-16-8-13(9)20-12/h2-8H,1H3,(H,17,18). The molecule has 0 fully saturated rings. The maximum atomic E-state index is 5.45. The highest BCUT2D eigenvalue weighted by Crippen LogP contribution is 2.39. The predicted octanol–water partition coefficient (Wildman–Crippen LogP) is 3.85. The van der Waals surface area contributed by atoms with Crippen molar-refractivity contribution in [2.45, 2.75) is 0 Å². The van der Waals surface area contributed by atoms with Crippen LogP contribution in [0.2, 0.25) is 0 Å². The molecule has 0 atom stereocenters. The Kier molecular flexibility index (Phi) is 2.47. The van der Waals surface area contributed by atoms with Gasteiger partial charge in [0.2, 0.25) is 0 Å². The lowest BCUT2D eigenvalue weighted by Crippen LogP contribution is -1.85. The third-order valence-electron chi connectivity index (χ3n) is 3.34. The predicted molar refractivity (Wildman–Crippen MR) is 81.3 cm³/mol. The molecule has 4 rings (SSSR count). The summed E-state index contributed by atoms with van der Waals surface area (Å²) in [7, 11) is 1.68. The molecule has 0 spiro atoms. The molecule has 20 heavy (non-hydrogen) atoms. The number of aromatic amines is 1. The summed E-state index contributed by atoms with van der Waals surface area (Å²) in [5, 5.41) is 2.23. The van der Waals surface area contributed by atoms with Gasteiger partial charge in [-0.15, -0.1) is 11.3 Å². The molecule has 1 N–H and O–H groups in total. The molecule has 5 heteroatoms. The summed E-state index contributed by atoms with van der Waals surface area (Å²) in [6.45, 7) is 0. The Balaban J connectivity index is 2.02. The van der Waals surface area contributed by atoms with Gasteiger partial charge < -0.3 is 9.72 Å². The maximum absolute atomic E-state index is 5.45. The van der Waals surface area contributed by atoms with Gasteiger partial charge in [-0.1, -0.05) is 0 Å². The quantitative estimate of drug-likeness (QED) is 0.607. The first-order chi connectivity index (χ1) is 9.86. The highest BCUT2D eigenvalue weighted by molar-refractivity contribution is 7.22. The number of thiophene rings is 1. The highest BCUT2D eigenvalue weighted by Gasteiger charge is 2.14. The van der Waals surface area contributed by atoms with Gasteiger partial charge in [-0.3, -0.25) is 4.98 Å². The first kappa shape index (κ1) is 11.4. The van der Waals surface area contributed by atoms with E-state index in [4.69, 9.17) is 4.74 Å². The second-order valence-corrected chi connectivity index (χ2v) is 5.55. The number of nitrogens with zero attached hydrogens (tertiary/aromatic N) is 2. The van der Waals surface area contributed by atoms with Gasteiger partial charge in [-0.25, -0.2) is 4.98 Å². The largest absolute Gasteiger partial charge is 0.496 e. The summed E-state index contributed by atoms with van der Waals surface area (Å²) in [6.07, 6.45) is 7.44. The van der Waals surface area contributed by atoms with Crippen LogP contribution in [0.5, 0.6) is 5.75 Å². The Hall–Kier alpha value is -2.40. The van der Waals surface area contributed by atoms with Crippen LogP contribution in [0.15, 0.2) is 43.0 Å². The number of methoxy groups -OCH3 is 1. The first-order valence-electron chi connectivity index (χ1n) is 6.21. The molecule has 0 aliphatic rings. The van der Waals surface area contributed by atoms with Crippen molar-refractivity contribution in [1.29, 1.82) is 0 Å². The summed E-state index contributed by atoms with van der Waals surface area (Å²) in [5.74, 6) is 0.835. The van der Waals surface area contributed by atoms with Crippen LogP contribution in [-0.2, 0) is 0 Å². The lowest BCUT2D eigenvalue weighted by atomic mass is 10.1. The van der Waals surface area contributed by atoms with Crippen LogP contribution >= 0.6 is 11.3 Å². The third-order valence-corrected chi connectivity index (χ3v) is 4.46. The molecule has 4 aromatic rings. The summed E-state index contributed by atoms with van der Waals surface area (Å²) in [6, 6.07) is 6.09. The Bertz CT molecular complexity index is 877. The highest BCUT2D eigenvalue weighted by atomic mass is 32.1. The maximum Gasteiger partial charge on any atom is 0.141 e. The molecule has 0 aliphatic heterocycles. The van der Waals surface area contributed by atoms with Crippen LogP contribution in [-0.4, -0.2) is 22.1 Å². The molecule has 98 valence electrons. The minimum absolute atomic E-state index is 0.835. The van der Waals surface area contributed by atoms with E-state index in [0.29, 0.717) is 0 Å². The van der Waals surface area contributed by atoms with Crippen molar-refractivity contribution in [3.05, 3.63) is 43.0 Å². The van der Waals surface area contributed by atoms with Crippen LogP contribution in [0.4, 0.5) is 0 Å². The fourth-order valence-electron chi connectivity index (χ4n) is 2.41. The number of hydrogen-bond donors (Lipinski definition) is 1. The van der Waals surface area contributed by atoms with Crippen LogP contribution in [0, 0.1) is 0 Å². The van der Waals surface area contributed by atoms with Crippen molar-refractivity contribution in [2.75, 3.05) is 7.11 Å². The number of hydrogen-bond acceptors (Lipinski definition) is 4. The number of ether oxygens (including phenoxy) is 1. The number of H-pyrrole nitrogens is 1. The monoisotopic (exact) mass is 281 g/mol. The number of aromatic nitrogens is 3. The molecular weight excluding hydrogens is 270 g/mol. The molecule has 0 aromatic carbocycles.